The van der Waals surface area contributed by atoms with Crippen molar-refractivity contribution in [3.8, 4) is 6.07 Å². The standard InChI is InChI=1S/C19H24N2O4/c1-19(2,3)25-18(23)21-12-14(10-17(22)24-4)9-16(21)15-7-5-13(11-20)6-8-15/h5-8,14,16H,9-10,12H2,1-4H3/t14-,16+/m1/s1. The fourth-order valence-corrected chi connectivity index (χ4v) is 3.01. The molecule has 0 saturated carbocycles. The molecule has 1 fully saturated rings. The van der Waals surface area contributed by atoms with Crippen LogP contribution in [-0.4, -0.2) is 36.2 Å². The summed E-state index contributed by atoms with van der Waals surface area (Å²) in [5.74, 6) is -0.268. The SMILES string of the molecule is COC(=O)C[C@H]1C[C@@H](c2ccc(C#N)cc2)N(C(=O)OC(C)(C)C)C1. The number of nitrogens with zero attached hydrogens (tertiary/aromatic N) is 2. The van der Waals surface area contributed by atoms with Crippen LogP contribution in [0.15, 0.2) is 24.3 Å². The molecule has 1 heterocycles. The second kappa shape index (κ2) is 7.56. The molecule has 6 nitrogen and oxygen atoms in total. The molecule has 0 aliphatic carbocycles. The van der Waals surface area contributed by atoms with Gasteiger partial charge in [0.25, 0.3) is 0 Å². The van der Waals surface area contributed by atoms with Crippen LogP contribution in [0.5, 0.6) is 0 Å². The summed E-state index contributed by atoms with van der Waals surface area (Å²) in [6, 6.07) is 9.06. The van der Waals surface area contributed by atoms with E-state index in [0.717, 1.165) is 5.56 Å². The first-order valence-corrected chi connectivity index (χ1v) is 8.30. The first-order valence-electron chi connectivity index (χ1n) is 8.30. The predicted molar refractivity (Wildman–Crippen MR) is 91.6 cm³/mol. The van der Waals surface area contributed by atoms with Crippen molar-refractivity contribution in [3.63, 3.8) is 0 Å². The van der Waals surface area contributed by atoms with Gasteiger partial charge >= 0.3 is 12.1 Å². The Morgan fingerprint density at radius 2 is 1.92 bits per heavy atom. The molecular weight excluding hydrogens is 320 g/mol. The van der Waals surface area contributed by atoms with Crippen molar-refractivity contribution >= 4 is 12.1 Å². The highest BCUT2D eigenvalue weighted by Crippen LogP contribution is 2.38. The third kappa shape index (κ3) is 4.96. The van der Waals surface area contributed by atoms with E-state index in [0.29, 0.717) is 18.5 Å². The van der Waals surface area contributed by atoms with Crippen molar-refractivity contribution in [1.82, 2.24) is 4.90 Å². The zero-order chi connectivity index (χ0) is 18.6. The summed E-state index contributed by atoms with van der Waals surface area (Å²) in [4.78, 5) is 25.9. The van der Waals surface area contributed by atoms with E-state index < -0.39 is 11.7 Å². The van der Waals surface area contributed by atoms with Gasteiger partial charge in [-0.2, -0.15) is 5.26 Å². The Balaban J connectivity index is 2.23. The Hall–Kier alpha value is -2.55. The number of likely N-dealkylation sites (tertiary alicyclic amines) is 1. The van der Waals surface area contributed by atoms with E-state index in [9.17, 15) is 9.59 Å². The van der Waals surface area contributed by atoms with Crippen LogP contribution in [0.25, 0.3) is 0 Å². The van der Waals surface area contributed by atoms with Gasteiger partial charge in [0.1, 0.15) is 5.60 Å². The van der Waals surface area contributed by atoms with Crippen LogP contribution >= 0.6 is 0 Å². The van der Waals surface area contributed by atoms with Crippen LogP contribution in [0.3, 0.4) is 0 Å². The van der Waals surface area contributed by atoms with Gasteiger partial charge < -0.3 is 14.4 Å². The van der Waals surface area contributed by atoms with Gasteiger partial charge in [-0.15, -0.1) is 0 Å². The van der Waals surface area contributed by atoms with Crippen LogP contribution in [0.2, 0.25) is 0 Å². The minimum Gasteiger partial charge on any atom is -0.469 e. The maximum Gasteiger partial charge on any atom is 0.410 e. The zero-order valence-electron chi connectivity index (χ0n) is 15.1. The van der Waals surface area contributed by atoms with E-state index in [4.69, 9.17) is 14.7 Å². The van der Waals surface area contributed by atoms with Crippen molar-refractivity contribution < 1.29 is 19.1 Å². The lowest BCUT2D eigenvalue weighted by atomic mass is 9.97. The van der Waals surface area contributed by atoms with E-state index >= 15 is 0 Å². The molecule has 25 heavy (non-hydrogen) atoms. The number of ether oxygens (including phenoxy) is 2. The summed E-state index contributed by atoms with van der Waals surface area (Å²) < 4.78 is 10.3. The highest BCUT2D eigenvalue weighted by atomic mass is 16.6. The molecule has 1 aromatic rings. The molecule has 1 aliphatic heterocycles. The molecule has 2 rings (SSSR count). The lowest BCUT2D eigenvalue weighted by Crippen LogP contribution is -2.37. The fourth-order valence-electron chi connectivity index (χ4n) is 3.01. The van der Waals surface area contributed by atoms with Gasteiger partial charge in [-0.25, -0.2) is 4.79 Å². The molecule has 1 saturated heterocycles. The molecule has 0 radical (unpaired) electrons. The first-order chi connectivity index (χ1) is 11.7. The summed E-state index contributed by atoms with van der Waals surface area (Å²) in [5, 5.41) is 8.94. The largest absolute Gasteiger partial charge is 0.469 e. The Morgan fingerprint density at radius 3 is 2.44 bits per heavy atom. The number of methoxy groups -OCH3 is 1. The molecule has 0 aromatic heterocycles. The quantitative estimate of drug-likeness (QED) is 0.785. The molecule has 134 valence electrons. The van der Waals surface area contributed by atoms with Crippen molar-refractivity contribution in [2.45, 2.75) is 45.3 Å². The molecule has 0 unspecified atom stereocenters. The molecule has 0 spiro atoms. The molecular formula is C19H24N2O4. The second-order valence-corrected chi connectivity index (χ2v) is 7.26. The van der Waals surface area contributed by atoms with Gasteiger partial charge in [0, 0.05) is 6.54 Å². The van der Waals surface area contributed by atoms with E-state index in [1.807, 2.05) is 32.9 Å². The average Bonchev–Trinajstić information content (AvgIpc) is 2.97. The summed E-state index contributed by atoms with van der Waals surface area (Å²) in [5.41, 5.74) is 0.904. The van der Waals surface area contributed by atoms with Crippen LogP contribution in [0.1, 0.15) is 50.8 Å². The number of esters is 1. The van der Waals surface area contributed by atoms with Crippen molar-refractivity contribution in [2.24, 2.45) is 5.92 Å². The first kappa shape index (κ1) is 18.8. The number of hydrogen-bond donors (Lipinski definition) is 0. The van der Waals surface area contributed by atoms with Gasteiger partial charge in [0.2, 0.25) is 0 Å². The number of amides is 1. The molecule has 0 bridgehead atoms. The number of nitriles is 1. The number of benzene rings is 1. The number of rotatable bonds is 3. The van der Waals surface area contributed by atoms with Crippen LogP contribution in [-0.2, 0) is 14.3 Å². The van der Waals surface area contributed by atoms with Gasteiger partial charge in [-0.05, 0) is 50.8 Å². The predicted octanol–water partition coefficient (Wildman–Crippen LogP) is 3.42. The van der Waals surface area contributed by atoms with Crippen LogP contribution in [0, 0.1) is 17.2 Å². The Labute approximate surface area is 148 Å². The van der Waals surface area contributed by atoms with Gasteiger partial charge in [0.15, 0.2) is 0 Å². The summed E-state index contributed by atoms with van der Waals surface area (Å²) in [6.45, 7) is 5.91. The lowest BCUT2D eigenvalue weighted by molar-refractivity contribution is -0.141. The average molecular weight is 344 g/mol. The van der Waals surface area contributed by atoms with E-state index in [1.165, 1.54) is 7.11 Å². The Kier molecular flexibility index (Phi) is 5.68. The minimum absolute atomic E-state index is 0.0145. The number of carbonyl (C=O) groups excluding carboxylic acids is 2. The summed E-state index contributed by atoms with van der Waals surface area (Å²) >= 11 is 0. The Bertz CT molecular complexity index is 670. The summed E-state index contributed by atoms with van der Waals surface area (Å²) in [7, 11) is 1.36. The number of hydrogen-bond acceptors (Lipinski definition) is 5. The minimum atomic E-state index is -0.591. The van der Waals surface area contributed by atoms with Crippen molar-refractivity contribution in [2.75, 3.05) is 13.7 Å². The van der Waals surface area contributed by atoms with Crippen LogP contribution in [0.4, 0.5) is 4.79 Å². The monoisotopic (exact) mass is 344 g/mol. The van der Waals surface area contributed by atoms with Gasteiger partial charge in [-0.3, -0.25) is 4.79 Å². The van der Waals surface area contributed by atoms with Crippen molar-refractivity contribution in [1.29, 1.82) is 5.26 Å². The normalized spacial score (nSPS) is 20.0. The van der Waals surface area contributed by atoms with Gasteiger partial charge in [-0.1, -0.05) is 12.1 Å². The topological polar surface area (TPSA) is 79.6 Å². The maximum absolute atomic E-state index is 12.6. The molecule has 0 N–H and O–H groups in total. The molecule has 6 heteroatoms. The Morgan fingerprint density at radius 1 is 1.28 bits per heavy atom. The lowest BCUT2D eigenvalue weighted by Gasteiger charge is -2.28. The fraction of sp³-hybridized carbons (Fsp3) is 0.526. The molecule has 2 atom stereocenters. The summed E-state index contributed by atoms with van der Waals surface area (Å²) in [6.07, 6.45) is 0.525. The number of carbonyl (C=O) groups is 2. The third-order valence-corrected chi connectivity index (χ3v) is 4.12. The third-order valence-electron chi connectivity index (χ3n) is 4.12. The van der Waals surface area contributed by atoms with E-state index in [-0.39, 0.29) is 24.3 Å². The van der Waals surface area contributed by atoms with Crippen molar-refractivity contribution in [3.05, 3.63) is 35.4 Å². The van der Waals surface area contributed by atoms with Gasteiger partial charge in [0.05, 0.1) is 31.2 Å². The smallest absolute Gasteiger partial charge is 0.410 e. The molecule has 1 aromatic carbocycles. The highest BCUT2D eigenvalue weighted by Gasteiger charge is 2.39. The maximum atomic E-state index is 12.6. The van der Waals surface area contributed by atoms with E-state index in [2.05, 4.69) is 6.07 Å². The second-order valence-electron chi connectivity index (χ2n) is 7.26. The van der Waals surface area contributed by atoms with E-state index in [1.54, 1.807) is 17.0 Å². The molecule has 1 amide bonds. The zero-order valence-corrected chi connectivity index (χ0v) is 15.1. The molecule has 1 aliphatic rings. The highest BCUT2D eigenvalue weighted by molar-refractivity contribution is 5.71. The van der Waals surface area contributed by atoms with Crippen LogP contribution < -0.4 is 0 Å².